The van der Waals surface area contributed by atoms with Gasteiger partial charge in [0, 0.05) is 31.6 Å². The van der Waals surface area contributed by atoms with E-state index in [-0.39, 0.29) is 37.7 Å². The van der Waals surface area contributed by atoms with Crippen LogP contribution in [0.25, 0.3) is 0 Å². The normalized spacial score (nSPS) is 12.2. The number of benzene rings is 2. The van der Waals surface area contributed by atoms with Crippen LogP contribution < -0.4 is 9.62 Å². The number of aryl methyl sites for hydroxylation is 1. The van der Waals surface area contributed by atoms with Crippen molar-refractivity contribution in [3.8, 4) is 0 Å². The Balaban J connectivity index is 2.15. The second kappa shape index (κ2) is 11.8. The number of halogens is 1. The fraction of sp³-hybridized carbons (Fsp3) is 0.417. The van der Waals surface area contributed by atoms with Crippen LogP contribution in [0.1, 0.15) is 37.8 Å². The van der Waals surface area contributed by atoms with Crippen molar-refractivity contribution in [2.75, 3.05) is 23.7 Å². The standard InChI is InChI=1S/C24H32FN3O4S/c1-5-26-24(30)19(3)27(17-20-9-6-7-10-22(20)25)23(29)11-8-16-28(33(4,31)32)21-14-12-18(2)13-15-21/h6-7,9-10,12-15,19H,5,8,11,16-17H2,1-4H3,(H,26,30). The Labute approximate surface area is 195 Å². The summed E-state index contributed by atoms with van der Waals surface area (Å²) in [6, 6.07) is 12.4. The van der Waals surface area contributed by atoms with Gasteiger partial charge in [0.15, 0.2) is 0 Å². The van der Waals surface area contributed by atoms with Crippen LogP contribution in [0, 0.1) is 12.7 Å². The van der Waals surface area contributed by atoms with Gasteiger partial charge in [0.1, 0.15) is 11.9 Å². The molecule has 0 aliphatic rings. The van der Waals surface area contributed by atoms with Gasteiger partial charge in [0.25, 0.3) is 0 Å². The van der Waals surface area contributed by atoms with Gasteiger partial charge >= 0.3 is 0 Å². The summed E-state index contributed by atoms with van der Waals surface area (Å²) in [5, 5.41) is 2.69. The first kappa shape index (κ1) is 26.3. The van der Waals surface area contributed by atoms with Crippen LogP contribution in [0.3, 0.4) is 0 Å². The molecule has 0 aliphatic heterocycles. The maximum absolute atomic E-state index is 14.2. The fourth-order valence-corrected chi connectivity index (χ4v) is 4.40. The molecule has 1 N–H and O–H groups in total. The average molecular weight is 478 g/mol. The van der Waals surface area contributed by atoms with Crippen molar-refractivity contribution >= 4 is 27.5 Å². The molecule has 0 aliphatic carbocycles. The second-order valence-electron chi connectivity index (χ2n) is 7.96. The molecule has 180 valence electrons. The van der Waals surface area contributed by atoms with E-state index in [9.17, 15) is 22.4 Å². The first-order valence-corrected chi connectivity index (χ1v) is 12.7. The van der Waals surface area contributed by atoms with Crippen molar-refractivity contribution in [2.45, 2.75) is 46.2 Å². The molecule has 7 nitrogen and oxygen atoms in total. The van der Waals surface area contributed by atoms with E-state index in [1.165, 1.54) is 15.3 Å². The quantitative estimate of drug-likeness (QED) is 0.538. The van der Waals surface area contributed by atoms with Crippen LogP contribution in [-0.2, 0) is 26.2 Å². The van der Waals surface area contributed by atoms with E-state index in [4.69, 9.17) is 0 Å². The van der Waals surface area contributed by atoms with E-state index in [2.05, 4.69) is 5.32 Å². The minimum Gasteiger partial charge on any atom is -0.355 e. The van der Waals surface area contributed by atoms with E-state index in [0.717, 1.165) is 11.8 Å². The lowest BCUT2D eigenvalue weighted by Crippen LogP contribution is -2.47. The number of hydrogen-bond donors (Lipinski definition) is 1. The second-order valence-corrected chi connectivity index (χ2v) is 9.86. The maximum atomic E-state index is 14.2. The molecule has 1 atom stereocenters. The Morgan fingerprint density at radius 2 is 1.73 bits per heavy atom. The van der Waals surface area contributed by atoms with Crippen LogP contribution in [0.5, 0.6) is 0 Å². The molecule has 2 aromatic carbocycles. The van der Waals surface area contributed by atoms with Crippen molar-refractivity contribution in [1.29, 1.82) is 0 Å². The summed E-state index contributed by atoms with van der Waals surface area (Å²) in [5.74, 6) is -1.14. The number of nitrogens with one attached hydrogen (secondary N) is 1. The zero-order valence-electron chi connectivity index (χ0n) is 19.5. The summed E-state index contributed by atoms with van der Waals surface area (Å²) >= 11 is 0. The third-order valence-electron chi connectivity index (χ3n) is 5.29. The van der Waals surface area contributed by atoms with Crippen LogP contribution in [0.2, 0.25) is 0 Å². The number of anilines is 1. The summed E-state index contributed by atoms with van der Waals surface area (Å²) in [5.41, 5.74) is 1.83. The maximum Gasteiger partial charge on any atom is 0.242 e. The molecule has 0 fully saturated rings. The zero-order chi connectivity index (χ0) is 24.6. The molecule has 0 saturated heterocycles. The van der Waals surface area contributed by atoms with Crippen LogP contribution in [0.4, 0.5) is 10.1 Å². The predicted molar refractivity (Wildman–Crippen MR) is 128 cm³/mol. The molecule has 0 aromatic heterocycles. The molecular weight excluding hydrogens is 445 g/mol. The summed E-state index contributed by atoms with van der Waals surface area (Å²) in [6.07, 6.45) is 1.38. The van der Waals surface area contributed by atoms with Crippen molar-refractivity contribution in [1.82, 2.24) is 10.2 Å². The highest BCUT2D eigenvalue weighted by Gasteiger charge is 2.27. The van der Waals surface area contributed by atoms with E-state index >= 15 is 0 Å². The Hall–Kier alpha value is -2.94. The van der Waals surface area contributed by atoms with E-state index < -0.39 is 21.9 Å². The zero-order valence-corrected chi connectivity index (χ0v) is 20.4. The highest BCUT2D eigenvalue weighted by molar-refractivity contribution is 7.92. The van der Waals surface area contributed by atoms with Gasteiger partial charge in [0.05, 0.1) is 11.9 Å². The van der Waals surface area contributed by atoms with Crippen molar-refractivity contribution in [3.05, 3.63) is 65.5 Å². The SMILES string of the molecule is CCNC(=O)C(C)N(Cc1ccccc1F)C(=O)CCCN(c1ccc(C)cc1)S(C)(=O)=O. The Morgan fingerprint density at radius 3 is 2.30 bits per heavy atom. The first-order valence-electron chi connectivity index (χ1n) is 10.9. The van der Waals surface area contributed by atoms with Gasteiger partial charge in [-0.3, -0.25) is 13.9 Å². The van der Waals surface area contributed by atoms with Crippen LogP contribution >= 0.6 is 0 Å². The minimum atomic E-state index is -3.55. The summed E-state index contributed by atoms with van der Waals surface area (Å²) in [7, 11) is -3.55. The summed E-state index contributed by atoms with van der Waals surface area (Å²) in [6.45, 7) is 5.74. The van der Waals surface area contributed by atoms with Gasteiger partial charge in [-0.1, -0.05) is 35.9 Å². The Bertz CT molecular complexity index is 1060. The lowest BCUT2D eigenvalue weighted by molar-refractivity contribution is -0.140. The van der Waals surface area contributed by atoms with Crippen molar-refractivity contribution in [3.63, 3.8) is 0 Å². The van der Waals surface area contributed by atoms with E-state index in [0.29, 0.717) is 17.8 Å². The fourth-order valence-electron chi connectivity index (χ4n) is 3.43. The summed E-state index contributed by atoms with van der Waals surface area (Å²) < 4.78 is 40.1. The monoisotopic (exact) mass is 477 g/mol. The molecule has 0 spiro atoms. The van der Waals surface area contributed by atoms with Gasteiger partial charge in [-0.2, -0.15) is 0 Å². The molecule has 0 bridgehead atoms. The Kier molecular flexibility index (Phi) is 9.40. The molecular formula is C24H32FN3O4S. The minimum absolute atomic E-state index is 0.01000. The van der Waals surface area contributed by atoms with Crippen molar-refractivity contribution in [2.24, 2.45) is 0 Å². The number of rotatable bonds is 11. The number of hydrogen-bond acceptors (Lipinski definition) is 4. The molecule has 9 heteroatoms. The third kappa shape index (κ3) is 7.56. The first-order chi connectivity index (χ1) is 15.5. The molecule has 2 amide bonds. The van der Waals surface area contributed by atoms with Gasteiger partial charge < -0.3 is 10.2 Å². The lowest BCUT2D eigenvalue weighted by atomic mass is 10.1. The molecule has 1 unspecified atom stereocenters. The smallest absolute Gasteiger partial charge is 0.242 e. The van der Waals surface area contributed by atoms with Gasteiger partial charge in [-0.05, 0) is 45.4 Å². The van der Waals surface area contributed by atoms with Crippen LogP contribution in [-0.4, -0.2) is 50.5 Å². The van der Waals surface area contributed by atoms with Gasteiger partial charge in [-0.15, -0.1) is 0 Å². The predicted octanol–water partition coefficient (Wildman–Crippen LogP) is 3.23. The molecule has 2 rings (SSSR count). The van der Waals surface area contributed by atoms with E-state index in [1.54, 1.807) is 44.2 Å². The topological polar surface area (TPSA) is 86.8 Å². The van der Waals surface area contributed by atoms with Crippen LogP contribution in [0.15, 0.2) is 48.5 Å². The van der Waals surface area contributed by atoms with Crippen molar-refractivity contribution < 1.29 is 22.4 Å². The lowest BCUT2D eigenvalue weighted by Gasteiger charge is -2.29. The largest absolute Gasteiger partial charge is 0.355 e. The molecule has 2 aromatic rings. The highest BCUT2D eigenvalue weighted by atomic mass is 32.2. The molecule has 33 heavy (non-hydrogen) atoms. The number of likely N-dealkylation sites (N-methyl/N-ethyl adjacent to an activating group) is 1. The Morgan fingerprint density at radius 1 is 1.09 bits per heavy atom. The molecule has 0 radical (unpaired) electrons. The third-order valence-corrected chi connectivity index (χ3v) is 6.49. The number of carbonyl (C=O) groups is 2. The number of carbonyl (C=O) groups excluding carboxylic acids is 2. The number of sulfonamides is 1. The summed E-state index contributed by atoms with van der Waals surface area (Å²) in [4.78, 5) is 26.8. The highest BCUT2D eigenvalue weighted by Crippen LogP contribution is 2.20. The number of amides is 2. The molecule has 0 heterocycles. The number of nitrogens with zero attached hydrogens (tertiary/aromatic N) is 2. The average Bonchev–Trinajstić information content (AvgIpc) is 2.75. The molecule has 0 saturated carbocycles. The van der Waals surface area contributed by atoms with E-state index in [1.807, 2.05) is 19.1 Å². The van der Waals surface area contributed by atoms with Gasteiger partial charge in [-0.25, -0.2) is 12.8 Å². The van der Waals surface area contributed by atoms with Gasteiger partial charge in [0.2, 0.25) is 21.8 Å².